The minimum Gasteiger partial charge on any atom is -0.383 e. The Labute approximate surface area is 194 Å². The lowest BCUT2D eigenvalue weighted by Crippen LogP contribution is -2.43. The second-order valence-corrected chi connectivity index (χ2v) is 8.49. The number of methoxy groups -OCH3 is 1. The summed E-state index contributed by atoms with van der Waals surface area (Å²) < 4.78 is 10.7. The predicted octanol–water partition coefficient (Wildman–Crippen LogP) is 1.58. The van der Waals surface area contributed by atoms with Crippen LogP contribution in [0, 0.1) is 11.8 Å². The SMILES string of the molecule is CCNC(=NCC1CCN(CCOC)CC1)N1CCC(CN2CCOCC2)C1.I. The lowest BCUT2D eigenvalue weighted by Gasteiger charge is -2.31. The van der Waals surface area contributed by atoms with Crippen molar-refractivity contribution in [2.45, 2.75) is 26.2 Å². The summed E-state index contributed by atoms with van der Waals surface area (Å²) in [5.41, 5.74) is 0. The molecule has 170 valence electrons. The molecule has 8 heteroatoms. The monoisotopic (exact) mass is 523 g/mol. The molecule has 0 aromatic heterocycles. The van der Waals surface area contributed by atoms with Crippen molar-refractivity contribution in [3.63, 3.8) is 0 Å². The first-order chi connectivity index (χ1) is 13.8. The smallest absolute Gasteiger partial charge is 0.193 e. The number of halogens is 1. The van der Waals surface area contributed by atoms with Gasteiger partial charge in [-0.15, -0.1) is 24.0 Å². The van der Waals surface area contributed by atoms with Crippen molar-refractivity contribution in [1.82, 2.24) is 20.0 Å². The number of hydrogen-bond donors (Lipinski definition) is 1. The number of piperidine rings is 1. The first-order valence-corrected chi connectivity index (χ1v) is 11.3. The van der Waals surface area contributed by atoms with Crippen LogP contribution in [-0.2, 0) is 9.47 Å². The zero-order valence-electron chi connectivity index (χ0n) is 18.5. The highest BCUT2D eigenvalue weighted by atomic mass is 127. The lowest BCUT2D eigenvalue weighted by atomic mass is 9.97. The van der Waals surface area contributed by atoms with E-state index < -0.39 is 0 Å². The third-order valence-electron chi connectivity index (χ3n) is 6.36. The van der Waals surface area contributed by atoms with Crippen LogP contribution in [0.3, 0.4) is 0 Å². The largest absolute Gasteiger partial charge is 0.383 e. The van der Waals surface area contributed by atoms with Crippen LogP contribution in [0.15, 0.2) is 4.99 Å². The van der Waals surface area contributed by atoms with E-state index in [9.17, 15) is 0 Å². The summed E-state index contributed by atoms with van der Waals surface area (Å²) in [6.45, 7) is 15.8. The van der Waals surface area contributed by atoms with E-state index in [2.05, 4.69) is 26.9 Å². The van der Waals surface area contributed by atoms with Gasteiger partial charge in [0.1, 0.15) is 0 Å². The summed E-state index contributed by atoms with van der Waals surface area (Å²) in [6, 6.07) is 0. The summed E-state index contributed by atoms with van der Waals surface area (Å²) >= 11 is 0. The normalized spacial score (nSPS) is 25.2. The number of nitrogens with zero attached hydrogens (tertiary/aromatic N) is 4. The Bertz CT molecular complexity index is 468. The molecule has 0 radical (unpaired) electrons. The molecular weight excluding hydrogens is 481 g/mol. The lowest BCUT2D eigenvalue weighted by molar-refractivity contribution is 0.0315. The van der Waals surface area contributed by atoms with Gasteiger partial charge in [-0.3, -0.25) is 9.89 Å². The third kappa shape index (κ3) is 8.47. The van der Waals surface area contributed by atoms with E-state index in [-0.39, 0.29) is 24.0 Å². The molecule has 1 N–H and O–H groups in total. The van der Waals surface area contributed by atoms with Gasteiger partial charge in [0.15, 0.2) is 5.96 Å². The molecule has 0 saturated carbocycles. The van der Waals surface area contributed by atoms with Gasteiger partial charge in [0, 0.05) is 59.5 Å². The molecule has 0 bridgehead atoms. The van der Waals surface area contributed by atoms with Crippen molar-refractivity contribution in [3.05, 3.63) is 0 Å². The van der Waals surface area contributed by atoms with Gasteiger partial charge in [-0.2, -0.15) is 0 Å². The van der Waals surface area contributed by atoms with Gasteiger partial charge in [0.2, 0.25) is 0 Å². The number of morpholine rings is 1. The number of likely N-dealkylation sites (tertiary alicyclic amines) is 2. The highest BCUT2D eigenvalue weighted by Gasteiger charge is 2.27. The fraction of sp³-hybridized carbons (Fsp3) is 0.952. The maximum atomic E-state index is 5.48. The number of hydrogen-bond acceptors (Lipinski definition) is 5. The fourth-order valence-electron chi connectivity index (χ4n) is 4.58. The quantitative estimate of drug-likeness (QED) is 0.296. The van der Waals surface area contributed by atoms with Crippen LogP contribution in [0.1, 0.15) is 26.2 Å². The van der Waals surface area contributed by atoms with Crippen molar-refractivity contribution in [1.29, 1.82) is 0 Å². The number of ether oxygens (including phenoxy) is 2. The standard InChI is InChI=1S/C21H41N5O2.HI/c1-3-22-21(23-16-19-4-7-24(8-5-19)10-13-27-2)26-9-6-20(18-26)17-25-11-14-28-15-12-25;/h19-20H,3-18H2,1-2H3,(H,22,23);1H. The third-order valence-corrected chi connectivity index (χ3v) is 6.36. The summed E-state index contributed by atoms with van der Waals surface area (Å²) in [5.74, 6) is 2.61. The van der Waals surface area contributed by atoms with Crippen molar-refractivity contribution in [2.75, 3.05) is 92.4 Å². The van der Waals surface area contributed by atoms with Crippen molar-refractivity contribution >= 4 is 29.9 Å². The molecular formula is C21H42IN5O2. The van der Waals surface area contributed by atoms with Gasteiger partial charge in [-0.25, -0.2) is 0 Å². The highest BCUT2D eigenvalue weighted by molar-refractivity contribution is 14.0. The van der Waals surface area contributed by atoms with Crippen molar-refractivity contribution < 1.29 is 9.47 Å². The summed E-state index contributed by atoms with van der Waals surface area (Å²) in [7, 11) is 1.79. The summed E-state index contributed by atoms with van der Waals surface area (Å²) in [5, 5.41) is 3.54. The molecule has 0 aromatic carbocycles. The van der Waals surface area contributed by atoms with Crippen molar-refractivity contribution in [2.24, 2.45) is 16.8 Å². The second kappa shape index (κ2) is 14.0. The molecule has 3 aliphatic heterocycles. The van der Waals surface area contributed by atoms with Crippen LogP contribution in [0.5, 0.6) is 0 Å². The van der Waals surface area contributed by atoms with Gasteiger partial charge < -0.3 is 24.6 Å². The Balaban J connectivity index is 0.00000300. The van der Waals surface area contributed by atoms with Gasteiger partial charge in [0.05, 0.1) is 19.8 Å². The maximum absolute atomic E-state index is 5.48. The number of nitrogens with one attached hydrogen (secondary N) is 1. The van der Waals surface area contributed by atoms with E-state index in [1.165, 1.54) is 38.9 Å². The number of aliphatic imine (C=N–C) groups is 1. The minimum absolute atomic E-state index is 0. The Morgan fingerprint density at radius 1 is 1.03 bits per heavy atom. The molecule has 0 aliphatic carbocycles. The zero-order valence-corrected chi connectivity index (χ0v) is 20.8. The minimum atomic E-state index is 0. The zero-order chi connectivity index (χ0) is 19.6. The maximum Gasteiger partial charge on any atom is 0.193 e. The molecule has 3 aliphatic rings. The molecule has 1 unspecified atom stereocenters. The first-order valence-electron chi connectivity index (χ1n) is 11.3. The van der Waals surface area contributed by atoms with Crippen LogP contribution in [-0.4, -0.2) is 113 Å². The van der Waals surface area contributed by atoms with Gasteiger partial charge in [-0.1, -0.05) is 0 Å². The average Bonchev–Trinajstić information content (AvgIpc) is 3.19. The predicted molar refractivity (Wildman–Crippen MR) is 129 cm³/mol. The molecule has 3 rings (SSSR count). The second-order valence-electron chi connectivity index (χ2n) is 8.49. The molecule has 7 nitrogen and oxygen atoms in total. The topological polar surface area (TPSA) is 52.6 Å². The Morgan fingerprint density at radius 3 is 2.45 bits per heavy atom. The molecule has 0 amide bonds. The Hall–Kier alpha value is -0.160. The van der Waals surface area contributed by atoms with E-state index >= 15 is 0 Å². The van der Waals surface area contributed by atoms with Gasteiger partial charge in [0.25, 0.3) is 0 Å². The number of rotatable bonds is 8. The molecule has 0 spiro atoms. The van der Waals surface area contributed by atoms with Crippen LogP contribution in [0.2, 0.25) is 0 Å². The summed E-state index contributed by atoms with van der Waals surface area (Å²) in [6.07, 6.45) is 3.79. The molecule has 1 atom stereocenters. The van der Waals surface area contributed by atoms with E-state index in [4.69, 9.17) is 14.5 Å². The van der Waals surface area contributed by atoms with E-state index in [1.54, 1.807) is 7.11 Å². The number of guanidine groups is 1. The van der Waals surface area contributed by atoms with E-state index in [1.807, 2.05) is 0 Å². The van der Waals surface area contributed by atoms with Gasteiger partial charge >= 0.3 is 0 Å². The van der Waals surface area contributed by atoms with Crippen LogP contribution >= 0.6 is 24.0 Å². The molecule has 3 saturated heterocycles. The van der Waals surface area contributed by atoms with Crippen molar-refractivity contribution in [3.8, 4) is 0 Å². The molecule has 29 heavy (non-hydrogen) atoms. The van der Waals surface area contributed by atoms with E-state index in [0.29, 0.717) is 0 Å². The first kappa shape index (κ1) is 25.1. The van der Waals surface area contributed by atoms with Crippen LogP contribution in [0.4, 0.5) is 0 Å². The summed E-state index contributed by atoms with van der Waals surface area (Å²) in [4.78, 5) is 12.6. The molecule has 3 fully saturated rings. The highest BCUT2D eigenvalue weighted by Crippen LogP contribution is 2.20. The fourth-order valence-corrected chi connectivity index (χ4v) is 4.58. The Kier molecular flexibility index (Phi) is 12.1. The van der Waals surface area contributed by atoms with Gasteiger partial charge in [-0.05, 0) is 51.1 Å². The van der Waals surface area contributed by atoms with E-state index in [0.717, 1.165) is 83.4 Å². The molecule has 0 aromatic rings. The van der Waals surface area contributed by atoms with Crippen LogP contribution < -0.4 is 5.32 Å². The molecule has 3 heterocycles. The average molecular weight is 524 g/mol. The van der Waals surface area contributed by atoms with Crippen LogP contribution in [0.25, 0.3) is 0 Å². The Morgan fingerprint density at radius 2 is 1.76 bits per heavy atom.